The number of nitrogens with one attached hydrogen (secondary N) is 1. The van der Waals surface area contributed by atoms with E-state index < -0.39 is 9.84 Å². The third-order valence-corrected chi connectivity index (χ3v) is 6.52. The summed E-state index contributed by atoms with van der Waals surface area (Å²) in [6, 6.07) is 10.9. The fourth-order valence-corrected chi connectivity index (χ4v) is 5.02. The number of carbonyl (C=O) groups excluding carboxylic acids is 1. The summed E-state index contributed by atoms with van der Waals surface area (Å²) in [4.78, 5) is 23.1. The van der Waals surface area contributed by atoms with Crippen LogP contribution in [-0.2, 0) is 9.84 Å². The first-order valence-electron chi connectivity index (χ1n) is 9.05. The van der Waals surface area contributed by atoms with Crippen molar-refractivity contribution in [2.45, 2.75) is 32.4 Å². The summed E-state index contributed by atoms with van der Waals surface area (Å²) >= 11 is 0. The molecule has 8 heteroatoms. The number of hydrogen-bond donors (Lipinski definition) is 1. The van der Waals surface area contributed by atoms with E-state index >= 15 is 0 Å². The van der Waals surface area contributed by atoms with Crippen molar-refractivity contribution in [2.75, 3.05) is 23.0 Å². The fourth-order valence-electron chi connectivity index (χ4n) is 3.29. The standard InChI is InChI=1S/C19H24N4O3S/c1-3-23(16-10-12-27(25,26)13-16)19-20-11-9-17(22-19)18(24)21-14(2)15-7-5-4-6-8-15/h4-9,11,14,16H,3,10,12-13H2,1-2H3,(H,21,24). The topological polar surface area (TPSA) is 92.3 Å². The van der Waals surface area contributed by atoms with Gasteiger partial charge in [0, 0.05) is 18.8 Å². The lowest BCUT2D eigenvalue weighted by atomic mass is 10.1. The first-order chi connectivity index (χ1) is 12.9. The van der Waals surface area contributed by atoms with Crippen LogP contribution in [0, 0.1) is 0 Å². The minimum absolute atomic E-state index is 0.103. The first-order valence-corrected chi connectivity index (χ1v) is 10.9. The largest absolute Gasteiger partial charge is 0.344 e. The Labute approximate surface area is 159 Å². The number of carbonyl (C=O) groups is 1. The molecule has 1 saturated heterocycles. The number of aromatic nitrogens is 2. The highest BCUT2D eigenvalue weighted by atomic mass is 32.2. The highest BCUT2D eigenvalue weighted by Gasteiger charge is 2.33. The molecular weight excluding hydrogens is 364 g/mol. The predicted molar refractivity (Wildman–Crippen MR) is 104 cm³/mol. The average Bonchev–Trinajstić information content (AvgIpc) is 3.02. The van der Waals surface area contributed by atoms with Crippen LogP contribution >= 0.6 is 0 Å². The van der Waals surface area contributed by atoms with Gasteiger partial charge in [0.1, 0.15) is 5.69 Å². The summed E-state index contributed by atoms with van der Waals surface area (Å²) in [6.07, 6.45) is 2.09. The number of benzene rings is 1. The molecule has 2 aromatic rings. The normalized spacial score (nSPS) is 19.4. The smallest absolute Gasteiger partial charge is 0.270 e. The molecule has 27 heavy (non-hydrogen) atoms. The van der Waals surface area contributed by atoms with E-state index in [4.69, 9.17) is 0 Å². The van der Waals surface area contributed by atoms with Crippen molar-refractivity contribution in [2.24, 2.45) is 0 Å². The zero-order valence-electron chi connectivity index (χ0n) is 15.5. The van der Waals surface area contributed by atoms with Gasteiger partial charge in [0.15, 0.2) is 9.84 Å². The molecule has 0 radical (unpaired) electrons. The van der Waals surface area contributed by atoms with Gasteiger partial charge in [0.25, 0.3) is 5.91 Å². The Morgan fingerprint density at radius 2 is 2.04 bits per heavy atom. The van der Waals surface area contributed by atoms with E-state index in [2.05, 4.69) is 15.3 Å². The van der Waals surface area contributed by atoms with Crippen LogP contribution in [0.4, 0.5) is 5.95 Å². The average molecular weight is 388 g/mol. The lowest BCUT2D eigenvalue weighted by Crippen LogP contribution is -2.38. The van der Waals surface area contributed by atoms with Gasteiger partial charge in [-0.25, -0.2) is 18.4 Å². The van der Waals surface area contributed by atoms with E-state index in [1.165, 1.54) is 6.20 Å². The number of sulfone groups is 1. The Bertz CT molecular complexity index is 902. The predicted octanol–water partition coefficient (Wildman–Crippen LogP) is 1.98. The lowest BCUT2D eigenvalue weighted by Gasteiger charge is -2.26. The first kappa shape index (κ1) is 19.3. The summed E-state index contributed by atoms with van der Waals surface area (Å²) in [7, 11) is -3.01. The van der Waals surface area contributed by atoms with Gasteiger partial charge in [-0.15, -0.1) is 0 Å². The number of amides is 1. The van der Waals surface area contributed by atoms with Crippen molar-refractivity contribution in [1.82, 2.24) is 15.3 Å². The van der Waals surface area contributed by atoms with Crippen molar-refractivity contribution in [3.63, 3.8) is 0 Å². The van der Waals surface area contributed by atoms with Gasteiger partial charge in [0.2, 0.25) is 5.95 Å². The van der Waals surface area contributed by atoms with Gasteiger partial charge in [-0.1, -0.05) is 30.3 Å². The molecule has 1 N–H and O–H groups in total. The van der Waals surface area contributed by atoms with E-state index in [1.807, 2.05) is 49.1 Å². The van der Waals surface area contributed by atoms with Crippen LogP contribution in [0.5, 0.6) is 0 Å². The molecule has 1 aliphatic rings. The van der Waals surface area contributed by atoms with Crippen molar-refractivity contribution in [1.29, 1.82) is 0 Å². The monoisotopic (exact) mass is 388 g/mol. The van der Waals surface area contributed by atoms with Crippen molar-refractivity contribution >= 4 is 21.7 Å². The minimum Gasteiger partial charge on any atom is -0.344 e. The number of hydrogen-bond acceptors (Lipinski definition) is 6. The van der Waals surface area contributed by atoms with Crippen molar-refractivity contribution < 1.29 is 13.2 Å². The maximum absolute atomic E-state index is 12.6. The Balaban J connectivity index is 1.75. The maximum Gasteiger partial charge on any atom is 0.270 e. The van der Waals surface area contributed by atoms with Crippen LogP contribution in [0.2, 0.25) is 0 Å². The zero-order chi connectivity index (χ0) is 19.4. The molecule has 0 spiro atoms. The second kappa shape index (κ2) is 8.04. The summed E-state index contributed by atoms with van der Waals surface area (Å²) in [6.45, 7) is 4.42. The van der Waals surface area contributed by atoms with Gasteiger partial charge >= 0.3 is 0 Å². The van der Waals surface area contributed by atoms with Crippen LogP contribution < -0.4 is 10.2 Å². The molecule has 1 aromatic carbocycles. The fraction of sp³-hybridized carbons (Fsp3) is 0.421. The molecule has 2 atom stereocenters. The Morgan fingerprint density at radius 1 is 1.30 bits per heavy atom. The van der Waals surface area contributed by atoms with Crippen LogP contribution in [-0.4, -0.2) is 48.4 Å². The molecule has 0 bridgehead atoms. The minimum atomic E-state index is -3.01. The third-order valence-electron chi connectivity index (χ3n) is 4.77. The van der Waals surface area contributed by atoms with E-state index in [1.54, 1.807) is 6.07 Å². The summed E-state index contributed by atoms with van der Waals surface area (Å²) < 4.78 is 23.6. The van der Waals surface area contributed by atoms with E-state index in [9.17, 15) is 13.2 Å². The molecule has 0 saturated carbocycles. The summed E-state index contributed by atoms with van der Waals surface area (Å²) in [5, 5.41) is 2.94. The zero-order valence-corrected chi connectivity index (χ0v) is 16.3. The molecule has 2 unspecified atom stereocenters. The van der Waals surface area contributed by atoms with Gasteiger partial charge in [0.05, 0.1) is 17.5 Å². The highest BCUT2D eigenvalue weighted by molar-refractivity contribution is 7.91. The van der Waals surface area contributed by atoms with Gasteiger partial charge < -0.3 is 10.2 Å². The molecule has 2 heterocycles. The molecule has 7 nitrogen and oxygen atoms in total. The Kier molecular flexibility index (Phi) is 5.74. The van der Waals surface area contributed by atoms with E-state index in [0.717, 1.165) is 5.56 Å². The second-order valence-electron chi connectivity index (χ2n) is 6.69. The third kappa shape index (κ3) is 4.63. The Hall–Kier alpha value is -2.48. The number of rotatable bonds is 6. The number of anilines is 1. The maximum atomic E-state index is 12.6. The molecule has 1 aliphatic heterocycles. The molecule has 0 aliphatic carbocycles. The second-order valence-corrected chi connectivity index (χ2v) is 8.92. The molecule has 1 amide bonds. The van der Waals surface area contributed by atoms with Gasteiger partial charge in [-0.3, -0.25) is 4.79 Å². The van der Waals surface area contributed by atoms with Crippen molar-refractivity contribution in [3.05, 3.63) is 53.9 Å². The summed E-state index contributed by atoms with van der Waals surface area (Å²) in [5.41, 5.74) is 1.27. The molecular formula is C19H24N4O3S. The van der Waals surface area contributed by atoms with Crippen LogP contribution in [0.25, 0.3) is 0 Å². The molecule has 1 fully saturated rings. The van der Waals surface area contributed by atoms with Gasteiger partial charge in [-0.2, -0.15) is 0 Å². The van der Waals surface area contributed by atoms with Gasteiger partial charge in [-0.05, 0) is 31.9 Å². The SMILES string of the molecule is CCN(c1nccc(C(=O)NC(C)c2ccccc2)n1)C1CCS(=O)(=O)C1. The quantitative estimate of drug-likeness (QED) is 0.813. The number of nitrogens with zero attached hydrogens (tertiary/aromatic N) is 3. The van der Waals surface area contributed by atoms with Crippen LogP contribution in [0.15, 0.2) is 42.6 Å². The van der Waals surface area contributed by atoms with Crippen LogP contribution in [0.3, 0.4) is 0 Å². The van der Waals surface area contributed by atoms with Crippen molar-refractivity contribution in [3.8, 4) is 0 Å². The van der Waals surface area contributed by atoms with E-state index in [-0.39, 0.29) is 35.2 Å². The molecule has 1 aromatic heterocycles. The molecule has 3 rings (SSSR count). The summed E-state index contributed by atoms with van der Waals surface area (Å²) in [5.74, 6) is 0.388. The van der Waals surface area contributed by atoms with E-state index in [0.29, 0.717) is 18.9 Å². The molecule has 144 valence electrons. The Morgan fingerprint density at radius 3 is 2.67 bits per heavy atom. The lowest BCUT2D eigenvalue weighted by molar-refractivity contribution is 0.0934. The van der Waals surface area contributed by atoms with Crippen LogP contribution in [0.1, 0.15) is 42.4 Å². The highest BCUT2D eigenvalue weighted by Crippen LogP contribution is 2.21.